The lowest BCUT2D eigenvalue weighted by Crippen LogP contribution is -2.38. The molecule has 2 atom stereocenters. The molecule has 0 spiro atoms. The summed E-state index contributed by atoms with van der Waals surface area (Å²) < 4.78 is 5.46. The van der Waals surface area contributed by atoms with Crippen molar-refractivity contribution >= 4 is 0 Å². The van der Waals surface area contributed by atoms with Gasteiger partial charge in [0.05, 0.1) is 6.61 Å². The maximum atomic E-state index is 5.46. The van der Waals surface area contributed by atoms with E-state index in [4.69, 9.17) is 4.74 Å². The van der Waals surface area contributed by atoms with E-state index in [1.807, 2.05) is 6.92 Å². The summed E-state index contributed by atoms with van der Waals surface area (Å²) in [5, 5.41) is 3.63. The first kappa shape index (κ1) is 15.2. The van der Waals surface area contributed by atoms with Crippen molar-refractivity contribution in [2.24, 2.45) is 0 Å². The van der Waals surface area contributed by atoms with Gasteiger partial charge < -0.3 is 15.0 Å². The third-order valence-electron chi connectivity index (χ3n) is 2.81. The van der Waals surface area contributed by atoms with Crippen molar-refractivity contribution in [1.82, 2.24) is 10.2 Å². The van der Waals surface area contributed by atoms with Crippen LogP contribution in [-0.2, 0) is 4.74 Å². The smallest absolute Gasteiger partial charge is 0.0616 e. The van der Waals surface area contributed by atoms with Crippen molar-refractivity contribution < 1.29 is 4.74 Å². The first-order chi connectivity index (χ1) is 8.63. The number of hydrogen-bond donors (Lipinski definition) is 1. The molecule has 1 N–H and O–H groups in total. The minimum absolute atomic E-state index is 0.344. The normalized spacial score (nSPS) is 14.7. The maximum Gasteiger partial charge on any atom is 0.0616 e. The Morgan fingerprint density at radius 3 is 2.44 bits per heavy atom. The number of benzene rings is 1. The topological polar surface area (TPSA) is 24.5 Å². The highest BCUT2D eigenvalue weighted by atomic mass is 16.5. The number of hydrogen-bond acceptors (Lipinski definition) is 3. The minimum Gasteiger partial charge on any atom is -0.380 e. The Balaban J connectivity index is 2.61. The van der Waals surface area contributed by atoms with Gasteiger partial charge in [-0.2, -0.15) is 0 Å². The molecule has 0 radical (unpaired) electrons. The van der Waals surface area contributed by atoms with Gasteiger partial charge in [-0.25, -0.2) is 0 Å². The van der Waals surface area contributed by atoms with Crippen molar-refractivity contribution in [3.8, 4) is 0 Å². The molecule has 0 aliphatic rings. The zero-order valence-corrected chi connectivity index (χ0v) is 12.0. The molecule has 1 rings (SSSR count). The van der Waals surface area contributed by atoms with Crippen LogP contribution in [0, 0.1) is 0 Å². The average Bonchev–Trinajstić information content (AvgIpc) is 2.36. The van der Waals surface area contributed by atoms with E-state index in [9.17, 15) is 0 Å². The van der Waals surface area contributed by atoms with Gasteiger partial charge in [0.2, 0.25) is 0 Å². The van der Waals surface area contributed by atoms with Crippen LogP contribution in [0.15, 0.2) is 30.3 Å². The van der Waals surface area contributed by atoms with Crippen LogP contribution in [0.2, 0.25) is 0 Å². The van der Waals surface area contributed by atoms with Crippen molar-refractivity contribution in [3.05, 3.63) is 35.9 Å². The Morgan fingerprint density at radius 1 is 1.22 bits per heavy atom. The van der Waals surface area contributed by atoms with Gasteiger partial charge in [0, 0.05) is 25.2 Å². The van der Waals surface area contributed by atoms with Gasteiger partial charge in [-0.1, -0.05) is 30.3 Å². The SMILES string of the molecule is CCOCC(C)NC(CN(C)C)c1ccccc1. The summed E-state index contributed by atoms with van der Waals surface area (Å²) in [4.78, 5) is 2.21. The minimum atomic E-state index is 0.344. The molecule has 0 fully saturated rings. The molecule has 2 unspecified atom stereocenters. The third kappa shape index (κ3) is 5.63. The number of nitrogens with one attached hydrogen (secondary N) is 1. The summed E-state index contributed by atoms with van der Waals surface area (Å²) in [5.74, 6) is 0. The van der Waals surface area contributed by atoms with Gasteiger partial charge in [0.25, 0.3) is 0 Å². The fourth-order valence-electron chi connectivity index (χ4n) is 1.99. The zero-order chi connectivity index (χ0) is 13.4. The van der Waals surface area contributed by atoms with Crippen LogP contribution in [0.5, 0.6) is 0 Å². The van der Waals surface area contributed by atoms with Gasteiger partial charge in [0.15, 0.2) is 0 Å². The van der Waals surface area contributed by atoms with Crippen LogP contribution in [0.1, 0.15) is 25.5 Å². The van der Waals surface area contributed by atoms with Gasteiger partial charge in [-0.3, -0.25) is 0 Å². The van der Waals surface area contributed by atoms with Crippen molar-refractivity contribution in [2.45, 2.75) is 25.9 Å². The number of nitrogens with zero attached hydrogens (tertiary/aromatic N) is 1. The van der Waals surface area contributed by atoms with Gasteiger partial charge in [-0.15, -0.1) is 0 Å². The van der Waals surface area contributed by atoms with Crippen LogP contribution >= 0.6 is 0 Å². The second-order valence-corrected chi connectivity index (χ2v) is 4.95. The first-order valence-corrected chi connectivity index (χ1v) is 6.67. The van der Waals surface area contributed by atoms with Crippen LogP contribution in [0.25, 0.3) is 0 Å². The van der Waals surface area contributed by atoms with Crippen LogP contribution < -0.4 is 5.32 Å². The first-order valence-electron chi connectivity index (χ1n) is 6.67. The highest BCUT2D eigenvalue weighted by molar-refractivity contribution is 5.19. The molecule has 0 aliphatic carbocycles. The molecule has 0 bridgehead atoms. The lowest BCUT2D eigenvalue weighted by Gasteiger charge is -2.26. The van der Waals surface area contributed by atoms with Crippen LogP contribution in [0.3, 0.4) is 0 Å². The predicted octanol–water partition coefficient (Wildman–Crippen LogP) is 2.30. The molecule has 0 aromatic heterocycles. The van der Waals surface area contributed by atoms with Crippen LogP contribution in [0.4, 0.5) is 0 Å². The van der Waals surface area contributed by atoms with E-state index in [1.54, 1.807) is 0 Å². The van der Waals surface area contributed by atoms with Crippen LogP contribution in [-0.4, -0.2) is 44.8 Å². The average molecular weight is 250 g/mol. The number of rotatable bonds is 8. The van der Waals surface area contributed by atoms with Gasteiger partial charge in [0.1, 0.15) is 0 Å². The summed E-state index contributed by atoms with van der Waals surface area (Å²) in [6, 6.07) is 11.3. The Kier molecular flexibility index (Phi) is 6.94. The quantitative estimate of drug-likeness (QED) is 0.766. The van der Waals surface area contributed by atoms with Crippen molar-refractivity contribution in [2.75, 3.05) is 33.9 Å². The fraction of sp³-hybridized carbons (Fsp3) is 0.600. The Bertz CT molecular complexity index is 314. The van der Waals surface area contributed by atoms with E-state index in [0.717, 1.165) is 19.8 Å². The molecular weight excluding hydrogens is 224 g/mol. The molecule has 3 nitrogen and oxygen atoms in total. The molecule has 0 aliphatic heterocycles. The predicted molar refractivity (Wildman–Crippen MR) is 76.8 cm³/mol. The lowest BCUT2D eigenvalue weighted by molar-refractivity contribution is 0.121. The molecule has 1 aromatic carbocycles. The summed E-state index contributed by atoms with van der Waals surface area (Å²) in [5.41, 5.74) is 1.33. The molecule has 3 heteroatoms. The molecule has 0 saturated heterocycles. The second-order valence-electron chi connectivity index (χ2n) is 4.95. The van der Waals surface area contributed by atoms with Gasteiger partial charge >= 0.3 is 0 Å². The zero-order valence-electron chi connectivity index (χ0n) is 12.0. The molecule has 0 amide bonds. The fourth-order valence-corrected chi connectivity index (χ4v) is 1.99. The van der Waals surface area contributed by atoms with E-state index in [1.165, 1.54) is 5.56 Å². The molecular formula is C15H26N2O. The van der Waals surface area contributed by atoms with Crippen molar-refractivity contribution in [1.29, 1.82) is 0 Å². The molecule has 0 heterocycles. The molecule has 18 heavy (non-hydrogen) atoms. The van der Waals surface area contributed by atoms with E-state index in [-0.39, 0.29) is 0 Å². The highest BCUT2D eigenvalue weighted by Gasteiger charge is 2.14. The van der Waals surface area contributed by atoms with Gasteiger partial charge in [-0.05, 0) is 33.5 Å². The van der Waals surface area contributed by atoms with Crippen molar-refractivity contribution in [3.63, 3.8) is 0 Å². The van der Waals surface area contributed by atoms with E-state index < -0.39 is 0 Å². The number of likely N-dealkylation sites (N-methyl/N-ethyl adjacent to an activating group) is 1. The lowest BCUT2D eigenvalue weighted by atomic mass is 10.1. The standard InChI is InChI=1S/C15H26N2O/c1-5-18-12-13(2)16-15(11-17(3)4)14-9-7-6-8-10-14/h6-10,13,15-16H,5,11-12H2,1-4H3. The third-order valence-corrected chi connectivity index (χ3v) is 2.81. The second kappa shape index (κ2) is 8.25. The highest BCUT2D eigenvalue weighted by Crippen LogP contribution is 2.14. The Labute approximate surface area is 111 Å². The summed E-state index contributed by atoms with van der Waals surface area (Å²) >= 11 is 0. The van der Waals surface area contributed by atoms with E-state index in [2.05, 4.69) is 61.6 Å². The summed E-state index contributed by atoms with van der Waals surface area (Å²) in [7, 11) is 4.20. The monoisotopic (exact) mass is 250 g/mol. The Morgan fingerprint density at radius 2 is 1.89 bits per heavy atom. The molecule has 1 aromatic rings. The number of ether oxygens (including phenoxy) is 1. The molecule has 0 saturated carbocycles. The summed E-state index contributed by atoms with van der Waals surface area (Å²) in [6.45, 7) is 6.71. The molecule has 102 valence electrons. The Hall–Kier alpha value is -0.900. The summed E-state index contributed by atoms with van der Waals surface area (Å²) in [6.07, 6.45) is 0. The largest absolute Gasteiger partial charge is 0.380 e. The van der Waals surface area contributed by atoms with E-state index >= 15 is 0 Å². The van der Waals surface area contributed by atoms with E-state index in [0.29, 0.717) is 12.1 Å². The maximum absolute atomic E-state index is 5.46.